The quantitative estimate of drug-likeness (QED) is 0.449. The van der Waals surface area contributed by atoms with Gasteiger partial charge in [0, 0.05) is 17.6 Å². The second-order valence-corrected chi connectivity index (χ2v) is 8.84. The zero-order valence-corrected chi connectivity index (χ0v) is 18.8. The number of nitrogens with zero attached hydrogens (tertiary/aromatic N) is 4. The van der Waals surface area contributed by atoms with Crippen molar-refractivity contribution < 1.29 is 19.3 Å². The Labute approximate surface area is 191 Å². The first-order valence-corrected chi connectivity index (χ1v) is 12.0. The number of carbonyl (C=O) groups is 1. The summed E-state index contributed by atoms with van der Waals surface area (Å²) >= 11 is 1.30. The fourth-order valence-corrected chi connectivity index (χ4v) is 4.92. The Balaban J connectivity index is 1.63. The second kappa shape index (κ2) is 8.43. The highest BCUT2D eigenvalue weighted by atomic mass is 32.2. The molecular weight excluding hydrogens is 424 g/mol. The fraction of sp³-hybridized carbons (Fsp3) is 0.333. The molecule has 7 nitrogen and oxygen atoms in total. The van der Waals surface area contributed by atoms with E-state index in [9.17, 15) is 9.90 Å². The van der Waals surface area contributed by atoms with E-state index >= 15 is 0 Å². The number of thioether (sulfide) groups is 1. The molecule has 1 amide bonds. The zero-order valence-electron chi connectivity index (χ0n) is 18.0. The summed E-state index contributed by atoms with van der Waals surface area (Å²) in [6.45, 7) is 1.53. The molecule has 2 aromatic carbocycles. The number of hydrogen-bond donors (Lipinski definition) is 0. The number of para-hydroxylation sites is 1. The van der Waals surface area contributed by atoms with Gasteiger partial charge in [-0.2, -0.15) is 0 Å². The summed E-state index contributed by atoms with van der Waals surface area (Å²) in [6.07, 6.45) is 6.09. The van der Waals surface area contributed by atoms with Crippen molar-refractivity contribution in [3.05, 3.63) is 54.1 Å². The van der Waals surface area contributed by atoms with Gasteiger partial charge in [-0.15, -0.1) is 0 Å². The van der Waals surface area contributed by atoms with Crippen molar-refractivity contribution >= 4 is 23.4 Å². The minimum absolute atomic E-state index is 0.136. The molecule has 164 valence electrons. The van der Waals surface area contributed by atoms with Crippen LogP contribution >= 0.6 is 11.8 Å². The molecule has 1 aromatic heterocycles. The number of rotatable bonds is 4. The Bertz CT molecular complexity index is 1160. The SMILES string of the molecule is CSc1nc([O-])c2[n+](n1)C(c1ccc(OC3CCCC3)cc1)N(C(C)=O)c1ccccc1-2. The van der Waals surface area contributed by atoms with Crippen molar-refractivity contribution in [2.24, 2.45) is 0 Å². The maximum atomic E-state index is 13.0. The molecule has 3 aromatic rings. The van der Waals surface area contributed by atoms with E-state index in [1.54, 1.807) is 9.58 Å². The zero-order chi connectivity index (χ0) is 22.2. The molecule has 5 rings (SSSR count). The molecule has 1 aliphatic carbocycles. The van der Waals surface area contributed by atoms with Crippen LogP contribution in [-0.4, -0.2) is 28.3 Å². The summed E-state index contributed by atoms with van der Waals surface area (Å²) in [7, 11) is 0. The molecule has 1 aliphatic heterocycles. The number of aromatic nitrogens is 3. The van der Waals surface area contributed by atoms with Gasteiger partial charge in [-0.3, -0.25) is 4.79 Å². The lowest BCUT2D eigenvalue weighted by Crippen LogP contribution is -2.58. The molecule has 2 heterocycles. The summed E-state index contributed by atoms with van der Waals surface area (Å²) in [5.74, 6) is 0.322. The third kappa shape index (κ3) is 3.58. The lowest BCUT2D eigenvalue weighted by atomic mass is 10.0. The standard InChI is InChI=1S/C24H24N4O3S/c1-15(29)27-20-10-6-5-9-19(20)21-22(30)25-24(32-2)26-28(21)23(27)16-11-13-18(14-12-16)31-17-7-3-4-8-17/h5-6,9-14,17,23H,3-4,7-8H2,1-2H3. The Morgan fingerprint density at radius 1 is 1.16 bits per heavy atom. The lowest BCUT2D eigenvalue weighted by molar-refractivity contribution is -0.764. The topological polar surface area (TPSA) is 82.3 Å². The number of hydrogen-bond acceptors (Lipinski definition) is 6. The molecule has 1 atom stereocenters. The van der Waals surface area contributed by atoms with Crippen molar-refractivity contribution in [2.75, 3.05) is 11.2 Å². The van der Waals surface area contributed by atoms with Gasteiger partial charge >= 0.3 is 0 Å². The molecule has 0 saturated heterocycles. The van der Waals surface area contributed by atoms with Crippen molar-refractivity contribution in [1.82, 2.24) is 10.1 Å². The first-order chi connectivity index (χ1) is 15.6. The van der Waals surface area contributed by atoms with E-state index in [1.165, 1.54) is 31.5 Å². The van der Waals surface area contributed by atoms with Gasteiger partial charge in [-0.1, -0.05) is 28.6 Å². The van der Waals surface area contributed by atoms with E-state index in [4.69, 9.17) is 4.74 Å². The predicted molar refractivity (Wildman–Crippen MR) is 120 cm³/mol. The summed E-state index contributed by atoms with van der Waals surface area (Å²) in [5.41, 5.74) is 2.55. The van der Waals surface area contributed by atoms with Crippen LogP contribution in [0, 0.1) is 0 Å². The average molecular weight is 449 g/mol. The van der Waals surface area contributed by atoms with Gasteiger partial charge in [0.2, 0.25) is 5.91 Å². The van der Waals surface area contributed by atoms with E-state index in [1.807, 2.05) is 54.8 Å². The molecule has 1 unspecified atom stereocenters. The van der Waals surface area contributed by atoms with Crippen LogP contribution in [0.4, 0.5) is 5.69 Å². The Morgan fingerprint density at radius 3 is 2.56 bits per heavy atom. The maximum Gasteiger partial charge on any atom is 0.293 e. The van der Waals surface area contributed by atoms with Crippen LogP contribution in [0.3, 0.4) is 0 Å². The third-order valence-electron chi connectivity index (χ3n) is 6.02. The predicted octanol–water partition coefficient (Wildman–Crippen LogP) is 3.46. The summed E-state index contributed by atoms with van der Waals surface area (Å²) in [4.78, 5) is 18.7. The second-order valence-electron chi connectivity index (χ2n) is 8.07. The van der Waals surface area contributed by atoms with Gasteiger partial charge in [0.15, 0.2) is 0 Å². The number of carbonyl (C=O) groups excluding carboxylic acids is 1. The largest absolute Gasteiger partial charge is 0.854 e. The monoisotopic (exact) mass is 448 g/mol. The Kier molecular flexibility index (Phi) is 5.46. The molecule has 8 heteroatoms. The molecule has 1 fully saturated rings. The maximum absolute atomic E-state index is 13.0. The van der Waals surface area contributed by atoms with Crippen LogP contribution in [0.25, 0.3) is 11.3 Å². The smallest absolute Gasteiger partial charge is 0.293 e. The van der Waals surface area contributed by atoms with Gasteiger partial charge in [0.25, 0.3) is 17.0 Å². The highest BCUT2D eigenvalue weighted by Crippen LogP contribution is 2.41. The molecule has 2 aliphatic rings. The van der Waals surface area contributed by atoms with Crippen molar-refractivity contribution in [3.63, 3.8) is 0 Å². The molecule has 0 spiro atoms. The highest BCUT2D eigenvalue weighted by molar-refractivity contribution is 7.98. The number of ether oxygens (including phenoxy) is 1. The summed E-state index contributed by atoms with van der Waals surface area (Å²) < 4.78 is 7.74. The van der Waals surface area contributed by atoms with E-state index in [0.717, 1.165) is 24.2 Å². The van der Waals surface area contributed by atoms with Crippen LogP contribution in [0.2, 0.25) is 0 Å². The molecule has 0 bridgehead atoms. The average Bonchev–Trinajstić information content (AvgIpc) is 3.31. The normalized spacial score (nSPS) is 17.7. The van der Waals surface area contributed by atoms with Crippen LogP contribution in [-0.2, 0) is 4.79 Å². The first-order valence-electron chi connectivity index (χ1n) is 10.8. The van der Waals surface area contributed by atoms with Gasteiger partial charge < -0.3 is 9.84 Å². The fourth-order valence-electron chi connectivity index (χ4n) is 4.58. The number of amides is 1. The van der Waals surface area contributed by atoms with Gasteiger partial charge in [0.1, 0.15) is 5.75 Å². The van der Waals surface area contributed by atoms with Crippen molar-refractivity contribution in [3.8, 4) is 22.9 Å². The van der Waals surface area contributed by atoms with E-state index in [0.29, 0.717) is 22.1 Å². The summed E-state index contributed by atoms with van der Waals surface area (Å²) in [6, 6.07) is 15.1. The lowest BCUT2D eigenvalue weighted by Gasteiger charge is -2.32. The molecule has 32 heavy (non-hydrogen) atoms. The minimum atomic E-state index is -0.598. The van der Waals surface area contributed by atoms with Crippen molar-refractivity contribution in [2.45, 2.75) is 50.0 Å². The first kappa shape index (κ1) is 20.8. The number of benzene rings is 2. The van der Waals surface area contributed by atoms with Gasteiger partial charge in [-0.25, -0.2) is 9.88 Å². The van der Waals surface area contributed by atoms with E-state index < -0.39 is 6.17 Å². The van der Waals surface area contributed by atoms with Crippen LogP contribution < -0.4 is 19.4 Å². The van der Waals surface area contributed by atoms with E-state index in [-0.39, 0.29) is 17.9 Å². The summed E-state index contributed by atoms with van der Waals surface area (Å²) in [5, 5.41) is 18.0. The van der Waals surface area contributed by atoms with Gasteiger partial charge in [-0.05, 0) is 68.3 Å². The molecule has 0 N–H and O–H groups in total. The van der Waals surface area contributed by atoms with E-state index in [2.05, 4.69) is 10.1 Å². The van der Waals surface area contributed by atoms with Crippen LogP contribution in [0.15, 0.2) is 53.7 Å². The number of fused-ring (bicyclic) bond motifs is 3. The Morgan fingerprint density at radius 2 is 1.88 bits per heavy atom. The van der Waals surface area contributed by atoms with Crippen molar-refractivity contribution in [1.29, 1.82) is 0 Å². The molecular formula is C24H24N4O3S. The minimum Gasteiger partial charge on any atom is -0.854 e. The Hall–Kier alpha value is -3.13. The third-order valence-corrected chi connectivity index (χ3v) is 6.56. The van der Waals surface area contributed by atoms with Crippen LogP contribution in [0.1, 0.15) is 44.3 Å². The molecule has 0 radical (unpaired) electrons. The number of anilines is 1. The van der Waals surface area contributed by atoms with Crippen LogP contribution in [0.5, 0.6) is 11.6 Å². The van der Waals surface area contributed by atoms with Gasteiger partial charge in [0.05, 0.1) is 23.2 Å². The highest BCUT2D eigenvalue weighted by Gasteiger charge is 2.43. The molecule has 1 saturated carbocycles.